The molecular weight excluding hydrogens is 283 g/mol. The fraction of sp³-hybridized carbons (Fsp3) is 0.286. The molecular formula is C14H12F3N3O. The van der Waals surface area contributed by atoms with E-state index in [2.05, 4.69) is 9.97 Å². The number of hydrogen-bond donors (Lipinski definition) is 0. The highest BCUT2D eigenvalue weighted by Crippen LogP contribution is 2.40. The number of halogens is 3. The molecule has 0 spiro atoms. The van der Waals surface area contributed by atoms with Gasteiger partial charge < -0.3 is 0 Å². The second-order valence-corrected chi connectivity index (χ2v) is 4.63. The molecule has 0 aliphatic carbocycles. The van der Waals surface area contributed by atoms with Crippen LogP contribution in [0.25, 0.3) is 0 Å². The number of anilines is 1. The van der Waals surface area contributed by atoms with Gasteiger partial charge in [-0.25, -0.2) is 15.0 Å². The molecule has 3 rings (SSSR count). The van der Waals surface area contributed by atoms with Crippen molar-refractivity contribution in [3.05, 3.63) is 54.0 Å². The van der Waals surface area contributed by atoms with Gasteiger partial charge in [-0.3, -0.25) is 4.84 Å². The normalized spacial score (nSPS) is 19.0. The van der Waals surface area contributed by atoms with Crippen LogP contribution in [0.5, 0.6) is 0 Å². The van der Waals surface area contributed by atoms with Gasteiger partial charge in [0.05, 0.1) is 12.6 Å². The minimum Gasteiger partial charge on any atom is -0.271 e. The predicted molar refractivity (Wildman–Crippen MR) is 69.3 cm³/mol. The summed E-state index contributed by atoms with van der Waals surface area (Å²) in [5, 5.41) is 1.24. The Morgan fingerprint density at radius 2 is 1.95 bits per heavy atom. The Labute approximate surface area is 119 Å². The molecule has 1 unspecified atom stereocenters. The van der Waals surface area contributed by atoms with E-state index < -0.39 is 11.7 Å². The van der Waals surface area contributed by atoms with Crippen LogP contribution >= 0.6 is 0 Å². The topological polar surface area (TPSA) is 38.2 Å². The zero-order valence-electron chi connectivity index (χ0n) is 10.9. The largest absolute Gasteiger partial charge is 0.421 e. The summed E-state index contributed by atoms with van der Waals surface area (Å²) >= 11 is 0. The summed E-state index contributed by atoms with van der Waals surface area (Å²) in [6, 6.07) is 8.98. The first-order valence-corrected chi connectivity index (χ1v) is 6.41. The molecule has 110 valence electrons. The first-order valence-electron chi connectivity index (χ1n) is 6.41. The van der Waals surface area contributed by atoms with Gasteiger partial charge in [0, 0.05) is 12.6 Å². The predicted octanol–water partition coefficient (Wildman–Crippen LogP) is 3.38. The van der Waals surface area contributed by atoms with Gasteiger partial charge in [-0.15, -0.1) is 0 Å². The Bertz CT molecular complexity index is 618. The lowest BCUT2D eigenvalue weighted by molar-refractivity contribution is -0.138. The standard InChI is InChI=1S/C14H12F3N3O/c15-14(16,17)11-8-18-9-19-13(11)20-12(6-7-21-20)10-4-2-1-3-5-10/h1-5,8-9,12H,6-7H2. The fourth-order valence-electron chi connectivity index (χ4n) is 2.35. The molecule has 1 atom stereocenters. The van der Waals surface area contributed by atoms with Gasteiger partial charge in [0.1, 0.15) is 11.9 Å². The lowest BCUT2D eigenvalue weighted by Crippen LogP contribution is -2.25. The van der Waals surface area contributed by atoms with Gasteiger partial charge in [-0.2, -0.15) is 13.2 Å². The second kappa shape index (κ2) is 5.33. The first kappa shape index (κ1) is 13.8. The van der Waals surface area contributed by atoms with E-state index in [0.29, 0.717) is 13.0 Å². The summed E-state index contributed by atoms with van der Waals surface area (Å²) < 4.78 is 39.2. The van der Waals surface area contributed by atoms with Crippen molar-refractivity contribution in [3.63, 3.8) is 0 Å². The van der Waals surface area contributed by atoms with Crippen molar-refractivity contribution in [1.82, 2.24) is 9.97 Å². The number of nitrogens with zero attached hydrogens (tertiary/aromatic N) is 3. The maximum Gasteiger partial charge on any atom is 0.421 e. The molecule has 0 N–H and O–H groups in total. The monoisotopic (exact) mass is 295 g/mol. The molecule has 0 bridgehead atoms. The molecule has 21 heavy (non-hydrogen) atoms. The number of hydrogen-bond acceptors (Lipinski definition) is 4. The zero-order chi connectivity index (χ0) is 14.9. The molecule has 1 aromatic carbocycles. The third kappa shape index (κ3) is 2.69. The molecule has 1 saturated heterocycles. The summed E-state index contributed by atoms with van der Waals surface area (Å²) in [5.41, 5.74) is -0.00503. The van der Waals surface area contributed by atoms with Crippen LogP contribution in [-0.2, 0) is 11.0 Å². The van der Waals surface area contributed by atoms with Crippen LogP contribution in [0.3, 0.4) is 0 Å². The van der Waals surface area contributed by atoms with Crippen LogP contribution in [0.15, 0.2) is 42.9 Å². The highest BCUT2D eigenvalue weighted by molar-refractivity contribution is 5.47. The molecule has 4 nitrogen and oxygen atoms in total. The Morgan fingerprint density at radius 3 is 2.67 bits per heavy atom. The van der Waals surface area contributed by atoms with Gasteiger partial charge >= 0.3 is 6.18 Å². The molecule has 7 heteroatoms. The minimum absolute atomic E-state index is 0.246. The van der Waals surface area contributed by atoms with Crippen LogP contribution in [0.2, 0.25) is 0 Å². The molecule has 2 aromatic rings. The number of aromatic nitrogens is 2. The lowest BCUT2D eigenvalue weighted by Gasteiger charge is -2.25. The number of hydroxylamine groups is 1. The van der Waals surface area contributed by atoms with E-state index in [9.17, 15) is 13.2 Å². The lowest BCUT2D eigenvalue weighted by atomic mass is 10.0. The van der Waals surface area contributed by atoms with Crippen molar-refractivity contribution < 1.29 is 18.0 Å². The highest BCUT2D eigenvalue weighted by atomic mass is 19.4. The molecule has 1 fully saturated rings. The van der Waals surface area contributed by atoms with E-state index >= 15 is 0 Å². The average molecular weight is 295 g/mol. The third-order valence-electron chi connectivity index (χ3n) is 3.29. The van der Waals surface area contributed by atoms with Crippen molar-refractivity contribution >= 4 is 5.82 Å². The molecule has 1 aliphatic rings. The van der Waals surface area contributed by atoms with Crippen molar-refractivity contribution in [2.24, 2.45) is 0 Å². The average Bonchev–Trinajstić information content (AvgIpc) is 2.96. The van der Waals surface area contributed by atoms with Gasteiger partial charge in [-0.05, 0) is 5.56 Å². The quantitative estimate of drug-likeness (QED) is 0.851. The molecule has 0 amide bonds. The Hall–Kier alpha value is -2.15. The van der Waals surface area contributed by atoms with Crippen molar-refractivity contribution in [2.75, 3.05) is 11.7 Å². The van der Waals surface area contributed by atoms with E-state index in [1.54, 1.807) is 0 Å². The first-order chi connectivity index (χ1) is 10.1. The van der Waals surface area contributed by atoms with Crippen LogP contribution < -0.4 is 5.06 Å². The van der Waals surface area contributed by atoms with Gasteiger partial charge in [-0.1, -0.05) is 30.3 Å². The zero-order valence-corrected chi connectivity index (χ0v) is 10.9. The Morgan fingerprint density at radius 1 is 1.19 bits per heavy atom. The van der Waals surface area contributed by atoms with E-state index in [1.165, 1.54) is 5.06 Å². The Kier molecular flexibility index (Phi) is 3.50. The molecule has 1 aliphatic heterocycles. The second-order valence-electron chi connectivity index (χ2n) is 4.63. The maximum absolute atomic E-state index is 13.1. The fourth-order valence-corrected chi connectivity index (χ4v) is 2.35. The summed E-state index contributed by atoms with van der Waals surface area (Å²) in [6.45, 7) is 0.348. The molecule has 2 heterocycles. The number of alkyl halides is 3. The SMILES string of the molecule is FC(F)(F)c1cncnc1N1OCCC1c1ccccc1. The summed E-state index contributed by atoms with van der Waals surface area (Å²) in [6.07, 6.45) is -2.06. The van der Waals surface area contributed by atoms with Gasteiger partial charge in [0.15, 0.2) is 5.82 Å². The van der Waals surface area contributed by atoms with Gasteiger partial charge in [0.2, 0.25) is 0 Å². The van der Waals surface area contributed by atoms with Crippen molar-refractivity contribution in [2.45, 2.75) is 18.6 Å². The van der Waals surface area contributed by atoms with Crippen molar-refractivity contribution in [1.29, 1.82) is 0 Å². The van der Waals surface area contributed by atoms with Crippen LogP contribution in [0, 0.1) is 0 Å². The number of rotatable bonds is 2. The smallest absolute Gasteiger partial charge is 0.271 e. The molecule has 0 radical (unpaired) electrons. The molecule has 0 saturated carbocycles. The highest BCUT2D eigenvalue weighted by Gasteiger charge is 2.39. The van der Waals surface area contributed by atoms with Crippen LogP contribution in [0.4, 0.5) is 19.0 Å². The van der Waals surface area contributed by atoms with Crippen molar-refractivity contribution in [3.8, 4) is 0 Å². The van der Waals surface area contributed by atoms with E-state index in [4.69, 9.17) is 4.84 Å². The minimum atomic E-state index is -4.52. The maximum atomic E-state index is 13.1. The molecule has 1 aromatic heterocycles. The van der Waals surface area contributed by atoms with E-state index in [0.717, 1.165) is 18.1 Å². The third-order valence-corrected chi connectivity index (χ3v) is 3.29. The van der Waals surface area contributed by atoms with E-state index in [-0.39, 0.29) is 11.9 Å². The number of benzene rings is 1. The van der Waals surface area contributed by atoms with Gasteiger partial charge in [0.25, 0.3) is 0 Å². The summed E-state index contributed by atoms with van der Waals surface area (Å²) in [4.78, 5) is 12.6. The van der Waals surface area contributed by atoms with Crippen LogP contribution in [-0.4, -0.2) is 16.6 Å². The summed E-state index contributed by atoms with van der Waals surface area (Å²) in [5.74, 6) is -0.246. The Balaban J connectivity index is 2.00. The summed E-state index contributed by atoms with van der Waals surface area (Å²) in [7, 11) is 0. The van der Waals surface area contributed by atoms with Crippen LogP contribution in [0.1, 0.15) is 23.6 Å². The van der Waals surface area contributed by atoms with E-state index in [1.807, 2.05) is 30.3 Å².